The average molecular weight is 355 g/mol. The molecule has 26 heavy (non-hydrogen) atoms. The standard InChI is InChI=1S/C20H29N5O/c1-4-25-19(10-11-21-25)20(26)22-18-15-24(14-17(18)13-23(2)3)12-16-8-6-5-7-9-16/h5-11,17-18H,4,12-15H2,1-3H3,(H,22,26). The SMILES string of the molecule is CCn1nccc1C(=O)NC1CN(Cc2ccccc2)CC1CN(C)C. The minimum Gasteiger partial charge on any atom is -0.346 e. The zero-order valence-corrected chi connectivity index (χ0v) is 15.9. The van der Waals surface area contributed by atoms with Gasteiger partial charge in [-0.1, -0.05) is 30.3 Å². The summed E-state index contributed by atoms with van der Waals surface area (Å²) in [6.45, 7) is 6.44. The number of aryl methyl sites for hydroxylation is 1. The van der Waals surface area contributed by atoms with E-state index in [1.165, 1.54) is 5.56 Å². The number of rotatable bonds is 7. The first-order valence-corrected chi connectivity index (χ1v) is 9.30. The molecule has 1 amide bonds. The molecule has 2 aromatic rings. The number of amides is 1. The van der Waals surface area contributed by atoms with Crippen molar-refractivity contribution in [2.75, 3.05) is 33.7 Å². The summed E-state index contributed by atoms with van der Waals surface area (Å²) in [5.74, 6) is 0.385. The number of nitrogens with zero attached hydrogens (tertiary/aromatic N) is 4. The van der Waals surface area contributed by atoms with Crippen molar-refractivity contribution in [3.63, 3.8) is 0 Å². The van der Waals surface area contributed by atoms with E-state index in [0.29, 0.717) is 18.2 Å². The maximum absolute atomic E-state index is 12.7. The number of hydrogen-bond acceptors (Lipinski definition) is 4. The molecule has 1 N–H and O–H groups in total. The Bertz CT molecular complexity index is 712. The third-order valence-electron chi connectivity index (χ3n) is 4.93. The molecular formula is C20H29N5O. The fourth-order valence-corrected chi connectivity index (χ4v) is 3.77. The molecule has 1 saturated heterocycles. The quantitative estimate of drug-likeness (QED) is 0.821. The van der Waals surface area contributed by atoms with Crippen LogP contribution >= 0.6 is 0 Å². The van der Waals surface area contributed by atoms with E-state index in [9.17, 15) is 4.79 Å². The lowest BCUT2D eigenvalue weighted by Crippen LogP contribution is -2.44. The maximum Gasteiger partial charge on any atom is 0.269 e. The zero-order chi connectivity index (χ0) is 18.5. The van der Waals surface area contributed by atoms with Crippen molar-refractivity contribution in [3.05, 3.63) is 53.9 Å². The van der Waals surface area contributed by atoms with Gasteiger partial charge in [-0.3, -0.25) is 14.4 Å². The van der Waals surface area contributed by atoms with Crippen LogP contribution in [0.3, 0.4) is 0 Å². The van der Waals surface area contributed by atoms with Gasteiger partial charge in [0.1, 0.15) is 5.69 Å². The topological polar surface area (TPSA) is 53.4 Å². The molecule has 2 unspecified atom stereocenters. The van der Waals surface area contributed by atoms with Crippen LogP contribution in [0.4, 0.5) is 0 Å². The smallest absolute Gasteiger partial charge is 0.269 e. The molecule has 0 radical (unpaired) electrons. The summed E-state index contributed by atoms with van der Waals surface area (Å²) in [7, 11) is 4.18. The Morgan fingerprint density at radius 1 is 1.23 bits per heavy atom. The van der Waals surface area contributed by atoms with E-state index >= 15 is 0 Å². The summed E-state index contributed by atoms with van der Waals surface area (Å²) in [4.78, 5) is 17.4. The van der Waals surface area contributed by atoms with Crippen molar-refractivity contribution in [1.82, 2.24) is 24.9 Å². The molecule has 1 aromatic carbocycles. The van der Waals surface area contributed by atoms with Gasteiger partial charge in [-0.25, -0.2) is 0 Å². The lowest BCUT2D eigenvalue weighted by molar-refractivity contribution is 0.0916. The van der Waals surface area contributed by atoms with Crippen molar-refractivity contribution in [3.8, 4) is 0 Å². The lowest BCUT2D eigenvalue weighted by Gasteiger charge is -2.23. The van der Waals surface area contributed by atoms with E-state index < -0.39 is 0 Å². The van der Waals surface area contributed by atoms with Gasteiger partial charge >= 0.3 is 0 Å². The van der Waals surface area contributed by atoms with E-state index in [2.05, 4.69) is 58.6 Å². The largest absolute Gasteiger partial charge is 0.346 e. The molecule has 0 bridgehead atoms. The Hall–Kier alpha value is -2.18. The normalized spacial score (nSPS) is 20.6. The molecule has 0 aliphatic carbocycles. The zero-order valence-electron chi connectivity index (χ0n) is 15.9. The van der Waals surface area contributed by atoms with Gasteiger partial charge in [-0.15, -0.1) is 0 Å². The molecule has 2 heterocycles. The number of hydrogen-bond donors (Lipinski definition) is 1. The second-order valence-electron chi connectivity index (χ2n) is 7.31. The minimum atomic E-state index is -0.0281. The van der Waals surface area contributed by atoms with Crippen LogP contribution in [0, 0.1) is 5.92 Å². The second kappa shape index (κ2) is 8.47. The van der Waals surface area contributed by atoms with Crippen molar-refractivity contribution in [1.29, 1.82) is 0 Å². The third kappa shape index (κ3) is 4.51. The number of likely N-dealkylation sites (tertiary alicyclic amines) is 1. The molecule has 6 nitrogen and oxygen atoms in total. The van der Waals surface area contributed by atoms with Gasteiger partial charge in [0.25, 0.3) is 5.91 Å². The van der Waals surface area contributed by atoms with E-state index in [4.69, 9.17) is 0 Å². The summed E-state index contributed by atoms with van der Waals surface area (Å²) in [5.41, 5.74) is 1.95. The van der Waals surface area contributed by atoms with Crippen LogP contribution in [-0.2, 0) is 13.1 Å². The van der Waals surface area contributed by atoms with Crippen molar-refractivity contribution >= 4 is 5.91 Å². The van der Waals surface area contributed by atoms with Gasteiger partial charge in [-0.05, 0) is 32.6 Å². The first kappa shape index (κ1) is 18.6. The number of benzene rings is 1. The molecule has 1 fully saturated rings. The summed E-state index contributed by atoms with van der Waals surface area (Å²) in [6.07, 6.45) is 1.69. The highest BCUT2D eigenvalue weighted by Crippen LogP contribution is 2.20. The Kier molecular flexibility index (Phi) is 6.06. The van der Waals surface area contributed by atoms with Gasteiger partial charge in [0.2, 0.25) is 0 Å². The van der Waals surface area contributed by atoms with E-state index in [1.807, 2.05) is 13.0 Å². The number of nitrogens with one attached hydrogen (secondary N) is 1. The molecule has 1 aliphatic heterocycles. The Balaban J connectivity index is 1.68. The van der Waals surface area contributed by atoms with Crippen LogP contribution < -0.4 is 5.32 Å². The van der Waals surface area contributed by atoms with Crippen LogP contribution in [0.15, 0.2) is 42.6 Å². The highest BCUT2D eigenvalue weighted by molar-refractivity contribution is 5.92. The molecule has 6 heteroatoms. The van der Waals surface area contributed by atoms with Crippen molar-refractivity contribution in [2.24, 2.45) is 5.92 Å². The van der Waals surface area contributed by atoms with Crippen molar-refractivity contribution in [2.45, 2.75) is 26.1 Å². The average Bonchev–Trinajstić information content (AvgIpc) is 3.22. The molecule has 1 aliphatic rings. The minimum absolute atomic E-state index is 0.0281. The predicted molar refractivity (Wildman–Crippen MR) is 103 cm³/mol. The molecule has 3 rings (SSSR count). The van der Waals surface area contributed by atoms with Crippen molar-refractivity contribution < 1.29 is 4.79 Å². The summed E-state index contributed by atoms with van der Waals surface area (Å²) < 4.78 is 1.74. The van der Waals surface area contributed by atoms with E-state index in [1.54, 1.807) is 16.9 Å². The lowest BCUT2D eigenvalue weighted by atomic mass is 10.0. The van der Waals surface area contributed by atoms with Gasteiger partial charge in [0, 0.05) is 50.9 Å². The highest BCUT2D eigenvalue weighted by atomic mass is 16.2. The second-order valence-corrected chi connectivity index (χ2v) is 7.31. The van der Waals surface area contributed by atoms with Gasteiger partial charge in [0.15, 0.2) is 0 Å². The number of carbonyl (C=O) groups excluding carboxylic acids is 1. The van der Waals surface area contributed by atoms with Crippen LogP contribution in [0.5, 0.6) is 0 Å². The van der Waals surface area contributed by atoms with Gasteiger partial charge < -0.3 is 10.2 Å². The molecule has 0 spiro atoms. The predicted octanol–water partition coefficient (Wildman–Crippen LogP) is 1.69. The summed E-state index contributed by atoms with van der Waals surface area (Å²) >= 11 is 0. The van der Waals surface area contributed by atoms with Gasteiger partial charge in [-0.2, -0.15) is 5.10 Å². The Labute approximate surface area is 155 Å². The highest BCUT2D eigenvalue weighted by Gasteiger charge is 2.34. The van der Waals surface area contributed by atoms with Crippen LogP contribution in [0.25, 0.3) is 0 Å². The van der Waals surface area contributed by atoms with Crippen LogP contribution in [-0.4, -0.2) is 65.3 Å². The Morgan fingerprint density at radius 3 is 2.69 bits per heavy atom. The monoisotopic (exact) mass is 355 g/mol. The summed E-state index contributed by atoms with van der Waals surface area (Å²) in [6, 6.07) is 12.5. The molecule has 140 valence electrons. The third-order valence-corrected chi connectivity index (χ3v) is 4.93. The molecule has 0 saturated carbocycles. The first-order valence-electron chi connectivity index (χ1n) is 9.30. The van der Waals surface area contributed by atoms with E-state index in [-0.39, 0.29) is 11.9 Å². The molecule has 2 atom stereocenters. The fourth-order valence-electron chi connectivity index (χ4n) is 3.77. The molecular weight excluding hydrogens is 326 g/mol. The van der Waals surface area contributed by atoms with Crippen LogP contribution in [0.1, 0.15) is 23.0 Å². The number of aromatic nitrogens is 2. The first-order chi connectivity index (χ1) is 12.6. The maximum atomic E-state index is 12.7. The number of carbonyl (C=O) groups is 1. The van der Waals surface area contributed by atoms with Gasteiger partial charge in [0.05, 0.1) is 0 Å². The summed E-state index contributed by atoms with van der Waals surface area (Å²) in [5, 5.41) is 7.46. The fraction of sp³-hybridized carbons (Fsp3) is 0.500. The van der Waals surface area contributed by atoms with E-state index in [0.717, 1.165) is 26.2 Å². The molecule has 1 aromatic heterocycles. The van der Waals surface area contributed by atoms with Crippen LogP contribution in [0.2, 0.25) is 0 Å². The Morgan fingerprint density at radius 2 is 2.00 bits per heavy atom.